The fourth-order valence-electron chi connectivity index (χ4n) is 1.69. The Morgan fingerprint density at radius 2 is 1.90 bits per heavy atom. The average molecular weight is 374 g/mol. The van der Waals surface area contributed by atoms with Gasteiger partial charge in [-0.05, 0) is 44.0 Å². The zero-order valence-corrected chi connectivity index (χ0v) is 15.3. The van der Waals surface area contributed by atoms with Crippen molar-refractivity contribution >= 4 is 39.6 Å². The topological polar surface area (TPSA) is 46.6 Å². The first-order valence-electron chi connectivity index (χ1n) is 6.52. The number of rotatable bonds is 5. The first kappa shape index (κ1) is 18.0. The second-order valence-corrected chi connectivity index (χ2v) is 6.89. The highest BCUT2D eigenvalue weighted by Crippen LogP contribution is 2.28. The molecule has 1 aromatic rings. The van der Waals surface area contributed by atoms with Crippen LogP contribution < -0.4 is 0 Å². The van der Waals surface area contributed by atoms with Gasteiger partial charge >= 0.3 is 5.97 Å². The van der Waals surface area contributed by atoms with Crippen LogP contribution in [0.4, 0.5) is 0 Å². The molecule has 1 amide bonds. The second-order valence-electron chi connectivity index (χ2n) is 5.02. The molecular formula is C15H20BrNO3S. The molecule has 0 radical (unpaired) electrons. The highest BCUT2D eigenvalue weighted by molar-refractivity contribution is 9.10. The van der Waals surface area contributed by atoms with Crippen LogP contribution in [0.3, 0.4) is 0 Å². The number of likely N-dealkylation sites (N-methyl/N-ethyl adjacent to an activating group) is 1. The minimum Gasteiger partial charge on any atom is -0.452 e. The first-order chi connectivity index (χ1) is 9.72. The summed E-state index contributed by atoms with van der Waals surface area (Å²) < 4.78 is 6.18. The van der Waals surface area contributed by atoms with E-state index in [1.165, 1.54) is 16.7 Å². The molecule has 0 saturated heterocycles. The van der Waals surface area contributed by atoms with E-state index in [0.717, 1.165) is 20.5 Å². The molecule has 4 nitrogen and oxygen atoms in total. The van der Waals surface area contributed by atoms with Crippen molar-refractivity contribution in [2.45, 2.75) is 31.8 Å². The number of ether oxygens (including phenoxy) is 1. The van der Waals surface area contributed by atoms with Gasteiger partial charge in [-0.25, -0.2) is 0 Å². The molecule has 116 valence electrons. The molecular weight excluding hydrogens is 354 g/mol. The molecule has 0 aliphatic heterocycles. The van der Waals surface area contributed by atoms with Crippen LogP contribution in [0, 0.1) is 13.8 Å². The second kappa shape index (κ2) is 7.84. The minimum atomic E-state index is -0.749. The molecule has 0 bridgehead atoms. The lowest BCUT2D eigenvalue weighted by Crippen LogP contribution is -2.35. The molecule has 21 heavy (non-hydrogen) atoms. The van der Waals surface area contributed by atoms with E-state index in [9.17, 15) is 9.59 Å². The van der Waals surface area contributed by atoms with E-state index in [1.807, 2.05) is 26.0 Å². The van der Waals surface area contributed by atoms with Crippen molar-refractivity contribution in [2.24, 2.45) is 0 Å². The Bertz CT molecular complexity index is 546. The highest BCUT2D eigenvalue weighted by atomic mass is 79.9. The van der Waals surface area contributed by atoms with Crippen LogP contribution in [0.15, 0.2) is 21.5 Å². The van der Waals surface area contributed by atoms with E-state index < -0.39 is 6.10 Å². The Balaban J connectivity index is 2.58. The number of thioether (sulfide) groups is 1. The molecule has 6 heteroatoms. The number of nitrogens with zero attached hydrogens (tertiary/aromatic N) is 1. The number of halogens is 1. The van der Waals surface area contributed by atoms with Gasteiger partial charge in [0.05, 0.1) is 5.75 Å². The summed E-state index contributed by atoms with van der Waals surface area (Å²) in [6.07, 6.45) is -0.749. The Morgan fingerprint density at radius 3 is 2.48 bits per heavy atom. The van der Waals surface area contributed by atoms with Gasteiger partial charge in [0.2, 0.25) is 0 Å². The van der Waals surface area contributed by atoms with E-state index >= 15 is 0 Å². The molecule has 1 unspecified atom stereocenters. The summed E-state index contributed by atoms with van der Waals surface area (Å²) in [7, 11) is 3.27. The molecule has 0 aliphatic rings. The number of hydrogen-bond donors (Lipinski definition) is 0. The molecule has 0 heterocycles. The lowest BCUT2D eigenvalue weighted by Gasteiger charge is -2.17. The molecule has 1 aromatic carbocycles. The van der Waals surface area contributed by atoms with Gasteiger partial charge in [0.15, 0.2) is 6.10 Å². The predicted octanol–water partition coefficient (Wildman–Crippen LogP) is 3.18. The number of esters is 1. The summed E-state index contributed by atoms with van der Waals surface area (Å²) in [6.45, 7) is 5.58. The van der Waals surface area contributed by atoms with Crippen molar-refractivity contribution in [1.29, 1.82) is 0 Å². The van der Waals surface area contributed by atoms with Gasteiger partial charge in [-0.15, -0.1) is 11.8 Å². The van der Waals surface area contributed by atoms with Gasteiger partial charge in [-0.3, -0.25) is 9.59 Å². The Kier molecular flexibility index (Phi) is 6.74. The Morgan fingerprint density at radius 1 is 1.29 bits per heavy atom. The van der Waals surface area contributed by atoms with Crippen LogP contribution in [-0.2, 0) is 14.3 Å². The predicted molar refractivity (Wildman–Crippen MR) is 88.6 cm³/mol. The third-order valence-electron chi connectivity index (χ3n) is 2.90. The van der Waals surface area contributed by atoms with E-state index in [1.54, 1.807) is 21.0 Å². The maximum atomic E-state index is 11.8. The third kappa shape index (κ3) is 5.36. The monoisotopic (exact) mass is 373 g/mol. The summed E-state index contributed by atoms with van der Waals surface area (Å²) >= 11 is 4.90. The summed E-state index contributed by atoms with van der Waals surface area (Å²) in [5.41, 5.74) is 2.22. The minimum absolute atomic E-state index is 0.187. The quantitative estimate of drug-likeness (QED) is 0.587. The average Bonchev–Trinajstić information content (AvgIpc) is 2.40. The molecule has 1 rings (SSSR count). The smallest absolute Gasteiger partial charge is 0.317 e. The lowest BCUT2D eigenvalue weighted by atomic mass is 10.2. The molecule has 0 aliphatic carbocycles. The number of hydrogen-bond acceptors (Lipinski definition) is 4. The number of aryl methyl sites for hydroxylation is 2. The van der Waals surface area contributed by atoms with Crippen molar-refractivity contribution in [2.75, 3.05) is 19.8 Å². The van der Waals surface area contributed by atoms with Gasteiger partial charge in [0, 0.05) is 23.5 Å². The van der Waals surface area contributed by atoms with Crippen LogP contribution >= 0.6 is 27.7 Å². The molecule has 0 spiro atoms. The number of carbonyl (C=O) groups is 2. The summed E-state index contributed by atoms with van der Waals surface area (Å²) in [4.78, 5) is 25.9. The van der Waals surface area contributed by atoms with Crippen molar-refractivity contribution in [3.05, 3.63) is 27.7 Å². The van der Waals surface area contributed by atoms with Gasteiger partial charge < -0.3 is 9.64 Å². The van der Waals surface area contributed by atoms with Crippen LogP contribution in [-0.4, -0.2) is 42.7 Å². The number of amides is 1. The molecule has 1 atom stereocenters. The zero-order chi connectivity index (χ0) is 16.2. The maximum Gasteiger partial charge on any atom is 0.317 e. The molecule has 0 fully saturated rings. The van der Waals surface area contributed by atoms with Crippen LogP contribution in [0.5, 0.6) is 0 Å². The van der Waals surface area contributed by atoms with E-state index in [0.29, 0.717) is 0 Å². The van der Waals surface area contributed by atoms with Crippen LogP contribution in [0.1, 0.15) is 18.1 Å². The normalized spacial score (nSPS) is 11.9. The van der Waals surface area contributed by atoms with Gasteiger partial charge in [-0.2, -0.15) is 0 Å². The fraction of sp³-hybridized carbons (Fsp3) is 0.467. The van der Waals surface area contributed by atoms with Crippen LogP contribution in [0.25, 0.3) is 0 Å². The molecule has 0 aromatic heterocycles. The van der Waals surface area contributed by atoms with Gasteiger partial charge in [0.25, 0.3) is 5.91 Å². The Labute approximate surface area is 138 Å². The number of benzene rings is 1. The highest BCUT2D eigenvalue weighted by Gasteiger charge is 2.19. The summed E-state index contributed by atoms with van der Waals surface area (Å²) in [5.74, 6) is -0.417. The third-order valence-corrected chi connectivity index (χ3v) is 4.88. The van der Waals surface area contributed by atoms with Crippen molar-refractivity contribution < 1.29 is 14.3 Å². The largest absolute Gasteiger partial charge is 0.452 e. The van der Waals surface area contributed by atoms with Crippen molar-refractivity contribution in [1.82, 2.24) is 4.90 Å². The van der Waals surface area contributed by atoms with Gasteiger partial charge in [0.1, 0.15) is 0 Å². The molecule has 0 saturated carbocycles. The number of carbonyl (C=O) groups excluding carboxylic acids is 2. The van der Waals surface area contributed by atoms with Crippen molar-refractivity contribution in [3.8, 4) is 0 Å². The maximum absolute atomic E-state index is 11.8. The zero-order valence-electron chi connectivity index (χ0n) is 12.9. The van der Waals surface area contributed by atoms with Crippen LogP contribution in [0.2, 0.25) is 0 Å². The SMILES string of the molecule is Cc1cc(SCC(=O)OC(C)C(=O)N(C)C)c(C)cc1Br. The molecule has 0 N–H and O–H groups in total. The first-order valence-corrected chi connectivity index (χ1v) is 8.30. The Hall–Kier alpha value is -1.01. The summed E-state index contributed by atoms with van der Waals surface area (Å²) in [6, 6.07) is 4.06. The standard InChI is InChI=1S/C15H20BrNO3S/c1-9-7-13(10(2)6-12(9)16)21-8-14(18)20-11(3)15(19)17(4)5/h6-7,11H,8H2,1-5H3. The van der Waals surface area contributed by atoms with Crippen molar-refractivity contribution in [3.63, 3.8) is 0 Å². The lowest BCUT2D eigenvalue weighted by molar-refractivity contribution is -0.155. The van der Waals surface area contributed by atoms with E-state index in [-0.39, 0.29) is 17.6 Å². The fourth-order valence-corrected chi connectivity index (χ4v) is 3.04. The van der Waals surface area contributed by atoms with E-state index in [4.69, 9.17) is 4.74 Å². The van der Waals surface area contributed by atoms with E-state index in [2.05, 4.69) is 15.9 Å². The van der Waals surface area contributed by atoms with Gasteiger partial charge in [-0.1, -0.05) is 15.9 Å². The summed E-state index contributed by atoms with van der Waals surface area (Å²) in [5, 5.41) is 0.